The lowest BCUT2D eigenvalue weighted by Crippen LogP contribution is -2.45. The van der Waals surface area contributed by atoms with Crippen molar-refractivity contribution >= 4 is 42.1 Å². The van der Waals surface area contributed by atoms with Crippen LogP contribution in [0.2, 0.25) is 0 Å². The molecule has 3 N–H and O–H groups in total. The molecule has 1 aromatic heterocycles. The van der Waals surface area contributed by atoms with Gasteiger partial charge >= 0.3 is 0 Å². The van der Waals surface area contributed by atoms with Crippen molar-refractivity contribution in [2.45, 2.75) is 47.1 Å². The van der Waals surface area contributed by atoms with Crippen LogP contribution < -0.4 is 11.1 Å². The van der Waals surface area contributed by atoms with E-state index in [2.05, 4.69) is 10.3 Å². The Morgan fingerprint density at radius 3 is 2.20 bits per heavy atom. The van der Waals surface area contributed by atoms with Gasteiger partial charge in [0.15, 0.2) is 0 Å². The van der Waals surface area contributed by atoms with Crippen molar-refractivity contribution in [3.05, 3.63) is 15.6 Å². The number of amides is 1. The monoisotopic (exact) mass is 341 g/mol. The summed E-state index contributed by atoms with van der Waals surface area (Å²) in [4.78, 5) is 17.8. The van der Waals surface area contributed by atoms with Crippen LogP contribution in [0.4, 0.5) is 0 Å². The van der Waals surface area contributed by atoms with Crippen LogP contribution in [-0.4, -0.2) is 17.4 Å². The highest BCUT2D eigenvalue weighted by atomic mass is 35.5. The number of halogens is 2. The molecule has 1 heterocycles. The van der Waals surface area contributed by atoms with Crippen LogP contribution in [0.15, 0.2) is 0 Å². The number of hydrogen-bond acceptors (Lipinski definition) is 4. The van der Waals surface area contributed by atoms with E-state index >= 15 is 0 Å². The van der Waals surface area contributed by atoms with Crippen molar-refractivity contribution in [1.82, 2.24) is 10.3 Å². The Morgan fingerprint density at radius 2 is 1.85 bits per heavy atom. The first kappa shape index (κ1) is 21.9. The van der Waals surface area contributed by atoms with E-state index in [1.807, 2.05) is 27.7 Å². The summed E-state index contributed by atoms with van der Waals surface area (Å²) in [5, 5.41) is 3.92. The molecule has 0 fully saturated rings. The van der Waals surface area contributed by atoms with Crippen molar-refractivity contribution in [3.8, 4) is 0 Å². The van der Waals surface area contributed by atoms with Gasteiger partial charge in [-0.2, -0.15) is 0 Å². The van der Waals surface area contributed by atoms with Crippen molar-refractivity contribution in [2.75, 3.05) is 6.54 Å². The second-order valence-electron chi connectivity index (χ2n) is 4.62. The average Bonchev–Trinajstić information content (AvgIpc) is 2.69. The maximum absolute atomic E-state index is 12.2. The molecule has 0 unspecified atom stereocenters. The minimum Gasteiger partial charge on any atom is -0.349 e. The molecule has 0 bridgehead atoms. The number of nitrogens with two attached hydrogens (primary N) is 1. The average molecular weight is 342 g/mol. The molecule has 0 saturated carbocycles. The topological polar surface area (TPSA) is 68.0 Å². The Morgan fingerprint density at radius 1 is 1.30 bits per heavy atom. The molecule has 0 saturated heterocycles. The highest BCUT2D eigenvalue weighted by molar-refractivity contribution is 7.11. The minimum atomic E-state index is -0.429. The predicted octanol–water partition coefficient (Wildman–Crippen LogP) is 2.98. The molecule has 0 aliphatic heterocycles. The molecule has 0 spiro atoms. The third-order valence-corrected chi connectivity index (χ3v) is 4.77. The first-order valence-corrected chi connectivity index (χ1v) is 7.22. The van der Waals surface area contributed by atoms with Gasteiger partial charge in [-0.3, -0.25) is 4.79 Å². The summed E-state index contributed by atoms with van der Waals surface area (Å²) >= 11 is 1.63. The smallest absolute Gasteiger partial charge is 0.227 e. The third-order valence-electron chi connectivity index (χ3n) is 3.70. The zero-order chi connectivity index (χ0) is 13.8. The van der Waals surface area contributed by atoms with Gasteiger partial charge in [0.05, 0.1) is 17.7 Å². The van der Waals surface area contributed by atoms with Crippen molar-refractivity contribution in [3.63, 3.8) is 0 Å². The molecule has 0 atom stereocenters. The van der Waals surface area contributed by atoms with Gasteiger partial charge in [0.2, 0.25) is 5.91 Å². The van der Waals surface area contributed by atoms with E-state index < -0.39 is 5.41 Å². The summed E-state index contributed by atoms with van der Waals surface area (Å²) in [7, 11) is 0. The van der Waals surface area contributed by atoms with E-state index in [4.69, 9.17) is 5.73 Å². The summed E-state index contributed by atoms with van der Waals surface area (Å²) in [5.74, 6) is 0.0421. The molecule has 20 heavy (non-hydrogen) atoms. The Bertz CT molecular complexity index is 392. The standard InChI is InChI=1S/C13H23N3OS.2ClH/c1-5-13(6-2,8-14)12(17)15-7-11-16-9(3)10(4)18-11;;/h5-8,14H2,1-4H3,(H,15,17);2*1H. The fraction of sp³-hybridized carbons (Fsp3) is 0.692. The molecular weight excluding hydrogens is 317 g/mol. The van der Waals surface area contributed by atoms with Crippen LogP contribution in [0.3, 0.4) is 0 Å². The van der Waals surface area contributed by atoms with Crippen LogP contribution >= 0.6 is 36.2 Å². The second-order valence-corrected chi connectivity index (χ2v) is 5.91. The largest absolute Gasteiger partial charge is 0.349 e. The summed E-state index contributed by atoms with van der Waals surface area (Å²) in [6.45, 7) is 8.93. The zero-order valence-electron chi connectivity index (χ0n) is 12.5. The molecule has 7 heteroatoms. The lowest BCUT2D eigenvalue weighted by molar-refractivity contribution is -0.131. The van der Waals surface area contributed by atoms with E-state index in [0.717, 1.165) is 23.5 Å². The first-order chi connectivity index (χ1) is 8.49. The summed E-state index contributed by atoms with van der Waals surface area (Å²) in [6.07, 6.45) is 1.53. The van der Waals surface area contributed by atoms with Crippen LogP contribution in [0.1, 0.15) is 42.3 Å². The van der Waals surface area contributed by atoms with Gasteiger partial charge in [-0.25, -0.2) is 4.98 Å². The van der Waals surface area contributed by atoms with Gasteiger partial charge in [0, 0.05) is 11.4 Å². The molecule has 118 valence electrons. The fourth-order valence-corrected chi connectivity index (χ4v) is 2.78. The number of aromatic nitrogens is 1. The maximum Gasteiger partial charge on any atom is 0.227 e. The van der Waals surface area contributed by atoms with Crippen LogP contribution in [0.25, 0.3) is 0 Å². The Labute approximate surface area is 137 Å². The van der Waals surface area contributed by atoms with Gasteiger partial charge in [0.1, 0.15) is 5.01 Å². The lowest BCUT2D eigenvalue weighted by Gasteiger charge is -2.28. The van der Waals surface area contributed by atoms with Gasteiger partial charge in [0.25, 0.3) is 0 Å². The molecule has 1 rings (SSSR count). The van der Waals surface area contributed by atoms with E-state index in [1.54, 1.807) is 11.3 Å². The number of hydrogen-bond donors (Lipinski definition) is 2. The molecule has 0 aliphatic carbocycles. The third kappa shape index (κ3) is 4.88. The van der Waals surface area contributed by atoms with Crippen LogP contribution in [0.5, 0.6) is 0 Å². The molecule has 4 nitrogen and oxygen atoms in total. The summed E-state index contributed by atoms with van der Waals surface area (Å²) in [6, 6.07) is 0. The Hall–Kier alpha value is -0.360. The molecule has 0 radical (unpaired) electrons. The van der Waals surface area contributed by atoms with Gasteiger partial charge < -0.3 is 11.1 Å². The number of aryl methyl sites for hydroxylation is 2. The maximum atomic E-state index is 12.2. The van der Waals surface area contributed by atoms with Gasteiger partial charge in [-0.1, -0.05) is 13.8 Å². The molecule has 0 aliphatic rings. The molecule has 1 amide bonds. The molecular formula is C13H25Cl2N3OS. The summed E-state index contributed by atoms with van der Waals surface area (Å²) < 4.78 is 0. The zero-order valence-corrected chi connectivity index (χ0v) is 14.9. The van der Waals surface area contributed by atoms with Crippen molar-refractivity contribution in [1.29, 1.82) is 0 Å². The number of nitrogens with zero attached hydrogens (tertiary/aromatic N) is 1. The molecule has 0 aromatic carbocycles. The molecule has 1 aromatic rings. The fourth-order valence-electron chi connectivity index (χ4n) is 1.91. The number of nitrogens with one attached hydrogen (secondary N) is 1. The number of rotatable bonds is 6. The van der Waals surface area contributed by atoms with E-state index in [-0.39, 0.29) is 30.7 Å². The van der Waals surface area contributed by atoms with Gasteiger partial charge in [-0.15, -0.1) is 36.2 Å². The first-order valence-electron chi connectivity index (χ1n) is 6.40. The van der Waals surface area contributed by atoms with Crippen molar-refractivity contribution < 1.29 is 4.79 Å². The Balaban J connectivity index is 0. The minimum absolute atomic E-state index is 0. The number of carbonyl (C=O) groups is 1. The second kappa shape index (κ2) is 9.55. The quantitative estimate of drug-likeness (QED) is 0.835. The summed E-state index contributed by atoms with van der Waals surface area (Å²) in [5.41, 5.74) is 6.37. The van der Waals surface area contributed by atoms with E-state index in [0.29, 0.717) is 13.1 Å². The highest BCUT2D eigenvalue weighted by Crippen LogP contribution is 2.25. The normalized spacial score (nSPS) is 10.4. The Kier molecular flexibility index (Phi) is 10.5. The van der Waals surface area contributed by atoms with Gasteiger partial charge in [-0.05, 0) is 26.7 Å². The van der Waals surface area contributed by atoms with Crippen LogP contribution in [-0.2, 0) is 11.3 Å². The lowest BCUT2D eigenvalue weighted by atomic mass is 9.81. The van der Waals surface area contributed by atoms with E-state index in [1.165, 1.54) is 4.88 Å². The number of carbonyl (C=O) groups excluding carboxylic acids is 1. The number of thiazole rings is 1. The van der Waals surface area contributed by atoms with E-state index in [9.17, 15) is 4.79 Å². The predicted molar refractivity (Wildman–Crippen MR) is 90.0 cm³/mol. The van der Waals surface area contributed by atoms with Crippen LogP contribution in [0, 0.1) is 19.3 Å². The SMILES string of the molecule is CCC(CC)(CN)C(=O)NCc1nc(C)c(C)s1.Cl.Cl. The highest BCUT2D eigenvalue weighted by Gasteiger charge is 2.33. The van der Waals surface area contributed by atoms with Crippen molar-refractivity contribution in [2.24, 2.45) is 11.1 Å².